The molecule has 0 bridgehead atoms. The Bertz CT molecular complexity index is 860. The van der Waals surface area contributed by atoms with Gasteiger partial charge in [-0.25, -0.2) is 4.39 Å². The molecule has 1 saturated heterocycles. The minimum absolute atomic E-state index is 0.0388. The summed E-state index contributed by atoms with van der Waals surface area (Å²) in [6.07, 6.45) is 0. The summed E-state index contributed by atoms with van der Waals surface area (Å²) in [6, 6.07) is 13.9. The van der Waals surface area contributed by atoms with E-state index in [1.54, 1.807) is 23.1 Å². The van der Waals surface area contributed by atoms with Gasteiger partial charge < -0.3 is 4.90 Å². The van der Waals surface area contributed by atoms with Gasteiger partial charge in [-0.05, 0) is 24.1 Å². The van der Waals surface area contributed by atoms with E-state index >= 15 is 0 Å². The monoisotopic (exact) mass is 407 g/mol. The first-order valence-corrected chi connectivity index (χ1v) is 11.7. The van der Waals surface area contributed by atoms with Crippen molar-refractivity contribution in [2.24, 2.45) is 0 Å². The Balaban J connectivity index is 1.64. The fourth-order valence-corrected chi connectivity index (χ4v) is 5.19. The second-order valence-corrected chi connectivity index (χ2v) is 9.95. The van der Waals surface area contributed by atoms with Crippen molar-refractivity contribution in [1.82, 2.24) is 4.90 Å². The Morgan fingerprint density at radius 1 is 1.15 bits per heavy atom. The van der Waals surface area contributed by atoms with Gasteiger partial charge in [0.1, 0.15) is 11.6 Å². The number of carbonyl (C=O) groups is 1. The van der Waals surface area contributed by atoms with Crippen LogP contribution in [0.2, 0.25) is 0 Å². The van der Waals surface area contributed by atoms with Gasteiger partial charge >= 0.3 is 0 Å². The van der Waals surface area contributed by atoms with Gasteiger partial charge in [0, 0.05) is 51.8 Å². The largest absolute Gasteiger partial charge is 0.340 e. The zero-order valence-corrected chi connectivity index (χ0v) is 16.7. The lowest BCUT2D eigenvalue weighted by Gasteiger charge is -2.26. The summed E-state index contributed by atoms with van der Waals surface area (Å²) in [7, 11) is -2.20. The number of amides is 1. The average Bonchev–Trinajstić information content (AvgIpc) is 2.68. The summed E-state index contributed by atoms with van der Waals surface area (Å²) in [4.78, 5) is 14.0. The Hall–Kier alpha value is -1.86. The first-order valence-electron chi connectivity index (χ1n) is 8.80. The molecule has 1 amide bonds. The second-order valence-electron chi connectivity index (χ2n) is 6.50. The van der Waals surface area contributed by atoms with Gasteiger partial charge in [0.25, 0.3) is 0 Å². The van der Waals surface area contributed by atoms with Gasteiger partial charge in [0.15, 0.2) is 0 Å². The molecule has 1 aliphatic heterocycles. The molecule has 0 aromatic heterocycles. The molecule has 0 spiro atoms. The number of carbonyl (C=O) groups excluding carboxylic acids is 1. The number of halogens is 1. The quantitative estimate of drug-likeness (QED) is 0.766. The van der Waals surface area contributed by atoms with E-state index in [0.717, 1.165) is 11.1 Å². The van der Waals surface area contributed by atoms with E-state index in [1.165, 1.54) is 6.07 Å². The van der Waals surface area contributed by atoms with Crippen LogP contribution in [-0.2, 0) is 26.4 Å². The fraction of sp³-hybridized carbons (Fsp3) is 0.350. The van der Waals surface area contributed by atoms with Crippen molar-refractivity contribution in [3.8, 4) is 11.1 Å². The molecule has 2 aromatic rings. The molecule has 1 heterocycles. The molecule has 144 valence electrons. The van der Waals surface area contributed by atoms with Crippen LogP contribution in [0, 0.1) is 5.82 Å². The molecule has 2 unspecified atom stereocenters. The SMILES string of the molecule is CC(c1ccc(-c2ccccc2F)cc1)S(=O)CC(=O)N1CCS(=O)CC1. The molecule has 0 N–H and O–H groups in total. The Labute approximate surface area is 163 Å². The highest BCUT2D eigenvalue weighted by Crippen LogP contribution is 2.26. The molecule has 3 rings (SSSR count). The third kappa shape index (κ3) is 4.90. The summed E-state index contributed by atoms with van der Waals surface area (Å²) in [5.41, 5.74) is 2.13. The maximum absolute atomic E-state index is 13.9. The predicted octanol–water partition coefficient (Wildman–Crippen LogP) is 2.89. The van der Waals surface area contributed by atoms with Gasteiger partial charge in [-0.1, -0.05) is 42.5 Å². The highest BCUT2D eigenvalue weighted by atomic mass is 32.2. The van der Waals surface area contributed by atoms with Crippen LogP contribution in [0.25, 0.3) is 11.1 Å². The number of rotatable bonds is 5. The topological polar surface area (TPSA) is 54.5 Å². The smallest absolute Gasteiger partial charge is 0.235 e. The molecule has 1 aliphatic rings. The first-order chi connectivity index (χ1) is 13.0. The van der Waals surface area contributed by atoms with Crippen LogP contribution in [-0.4, -0.2) is 49.6 Å². The molecule has 4 nitrogen and oxygen atoms in total. The molecular weight excluding hydrogens is 385 g/mol. The average molecular weight is 408 g/mol. The van der Waals surface area contributed by atoms with E-state index in [4.69, 9.17) is 0 Å². The zero-order valence-electron chi connectivity index (χ0n) is 15.1. The van der Waals surface area contributed by atoms with Crippen molar-refractivity contribution in [1.29, 1.82) is 0 Å². The van der Waals surface area contributed by atoms with E-state index in [0.29, 0.717) is 30.2 Å². The van der Waals surface area contributed by atoms with Crippen LogP contribution in [0.3, 0.4) is 0 Å². The van der Waals surface area contributed by atoms with E-state index in [9.17, 15) is 17.6 Å². The van der Waals surface area contributed by atoms with Crippen molar-refractivity contribution in [2.75, 3.05) is 30.3 Å². The van der Waals surface area contributed by atoms with Gasteiger partial charge in [0.2, 0.25) is 5.91 Å². The van der Waals surface area contributed by atoms with Crippen LogP contribution in [0.5, 0.6) is 0 Å². The van der Waals surface area contributed by atoms with Crippen molar-refractivity contribution < 1.29 is 17.6 Å². The molecule has 2 aromatic carbocycles. The highest BCUT2D eigenvalue weighted by Gasteiger charge is 2.24. The normalized spacial score (nSPS) is 17.5. The summed E-state index contributed by atoms with van der Waals surface area (Å²) >= 11 is 0. The maximum atomic E-state index is 13.9. The van der Waals surface area contributed by atoms with Crippen LogP contribution in [0.1, 0.15) is 17.7 Å². The van der Waals surface area contributed by atoms with E-state index in [2.05, 4.69) is 0 Å². The fourth-order valence-electron chi connectivity index (χ4n) is 3.01. The van der Waals surface area contributed by atoms with E-state index in [1.807, 2.05) is 31.2 Å². The minimum atomic E-state index is -1.35. The predicted molar refractivity (Wildman–Crippen MR) is 108 cm³/mol. The van der Waals surface area contributed by atoms with E-state index < -0.39 is 21.6 Å². The van der Waals surface area contributed by atoms with Crippen LogP contribution in [0.4, 0.5) is 4.39 Å². The Morgan fingerprint density at radius 2 is 1.78 bits per heavy atom. The highest BCUT2D eigenvalue weighted by molar-refractivity contribution is 7.86. The summed E-state index contributed by atoms with van der Waals surface area (Å²) in [5, 5.41) is -0.303. The van der Waals surface area contributed by atoms with Crippen LogP contribution in [0.15, 0.2) is 48.5 Å². The standard InChI is InChI=1S/C20H22FNO3S2/c1-15(27(25)14-20(23)22-10-12-26(24)13-11-22)16-6-8-17(9-7-16)18-4-2-3-5-19(18)21/h2-9,15H,10-14H2,1H3. The lowest BCUT2D eigenvalue weighted by atomic mass is 10.0. The Kier molecular flexibility index (Phi) is 6.55. The van der Waals surface area contributed by atoms with Gasteiger partial charge in [-0.15, -0.1) is 0 Å². The molecule has 0 saturated carbocycles. The number of nitrogens with zero attached hydrogens (tertiary/aromatic N) is 1. The summed E-state index contributed by atoms with van der Waals surface area (Å²) in [6.45, 7) is 2.76. The lowest BCUT2D eigenvalue weighted by molar-refractivity contribution is -0.128. The molecule has 0 aliphatic carbocycles. The summed E-state index contributed by atoms with van der Waals surface area (Å²) in [5.74, 6) is 0.509. The van der Waals surface area contributed by atoms with E-state index in [-0.39, 0.29) is 22.7 Å². The number of benzene rings is 2. The van der Waals surface area contributed by atoms with Crippen molar-refractivity contribution >= 4 is 27.5 Å². The third-order valence-corrected chi connectivity index (χ3v) is 7.62. The number of hydrogen-bond acceptors (Lipinski definition) is 3. The first kappa shape index (κ1) is 19.9. The number of hydrogen-bond donors (Lipinski definition) is 0. The van der Waals surface area contributed by atoms with Crippen molar-refractivity contribution in [2.45, 2.75) is 12.2 Å². The van der Waals surface area contributed by atoms with Crippen LogP contribution >= 0.6 is 0 Å². The molecule has 27 heavy (non-hydrogen) atoms. The maximum Gasteiger partial charge on any atom is 0.235 e. The second kappa shape index (κ2) is 8.89. The molecular formula is C20H22FNO3S2. The molecule has 2 atom stereocenters. The van der Waals surface area contributed by atoms with Crippen molar-refractivity contribution in [3.05, 3.63) is 59.9 Å². The zero-order chi connectivity index (χ0) is 19.4. The van der Waals surface area contributed by atoms with Crippen LogP contribution < -0.4 is 0 Å². The van der Waals surface area contributed by atoms with Gasteiger partial charge in [-0.2, -0.15) is 0 Å². The molecule has 7 heteroatoms. The minimum Gasteiger partial charge on any atom is -0.340 e. The third-order valence-electron chi connectivity index (χ3n) is 4.76. The molecule has 1 fully saturated rings. The Morgan fingerprint density at radius 3 is 2.41 bits per heavy atom. The van der Waals surface area contributed by atoms with Gasteiger partial charge in [0.05, 0.1) is 5.25 Å². The lowest BCUT2D eigenvalue weighted by Crippen LogP contribution is -2.43. The van der Waals surface area contributed by atoms with Crippen molar-refractivity contribution in [3.63, 3.8) is 0 Å². The van der Waals surface area contributed by atoms with Gasteiger partial charge in [-0.3, -0.25) is 13.2 Å². The summed E-state index contributed by atoms with van der Waals surface area (Å²) < 4.78 is 37.9. The molecule has 0 radical (unpaired) electrons.